The first-order valence-corrected chi connectivity index (χ1v) is 9.56. The van der Waals surface area contributed by atoms with Crippen molar-refractivity contribution in [2.45, 2.75) is 13.1 Å². The minimum Gasteiger partial charge on any atom is -0.365 e. The predicted octanol–water partition coefficient (Wildman–Crippen LogP) is 3.63. The van der Waals surface area contributed by atoms with Crippen LogP contribution in [0.4, 0.5) is 4.39 Å². The molecule has 0 spiro atoms. The van der Waals surface area contributed by atoms with Crippen molar-refractivity contribution in [1.29, 1.82) is 0 Å². The summed E-state index contributed by atoms with van der Waals surface area (Å²) in [5.41, 5.74) is 2.70. The second-order valence-corrected chi connectivity index (χ2v) is 7.09. The number of likely N-dealkylation sites (N-methyl/N-ethyl adjacent to an activating group) is 1. The smallest absolute Gasteiger partial charge is 0.278 e. The van der Waals surface area contributed by atoms with Crippen LogP contribution >= 0.6 is 0 Å². The Labute approximate surface area is 174 Å². The van der Waals surface area contributed by atoms with Gasteiger partial charge in [-0.1, -0.05) is 48.5 Å². The van der Waals surface area contributed by atoms with Gasteiger partial charge in [-0.2, -0.15) is 0 Å². The summed E-state index contributed by atoms with van der Waals surface area (Å²) in [5, 5.41) is 0. The van der Waals surface area contributed by atoms with E-state index in [2.05, 4.69) is 4.98 Å². The Kier molecular flexibility index (Phi) is 5.39. The highest BCUT2D eigenvalue weighted by atomic mass is 19.1. The highest BCUT2D eigenvalue weighted by molar-refractivity contribution is 6.35. The zero-order valence-corrected chi connectivity index (χ0v) is 16.5. The van der Waals surface area contributed by atoms with Gasteiger partial charge in [0.2, 0.25) is 0 Å². The Morgan fingerprint density at radius 2 is 1.60 bits per heavy atom. The van der Waals surface area contributed by atoms with E-state index in [0.717, 1.165) is 5.56 Å². The third-order valence-corrected chi connectivity index (χ3v) is 4.97. The van der Waals surface area contributed by atoms with Crippen molar-refractivity contribution >= 4 is 17.4 Å². The summed E-state index contributed by atoms with van der Waals surface area (Å²) in [4.78, 5) is 33.8. The molecular formula is C24H20FN3O2. The first kappa shape index (κ1) is 19.5. The molecule has 0 unspecified atom stereocenters. The topological polar surface area (TPSA) is 53.5 Å². The number of halogens is 1. The number of rotatable bonds is 6. The zero-order valence-electron chi connectivity index (χ0n) is 16.5. The molecule has 1 aliphatic rings. The average molecular weight is 401 g/mol. The first-order valence-electron chi connectivity index (χ1n) is 9.56. The lowest BCUT2D eigenvalue weighted by molar-refractivity contribution is -0.138. The van der Waals surface area contributed by atoms with Crippen LogP contribution < -0.4 is 0 Å². The summed E-state index contributed by atoms with van der Waals surface area (Å²) in [6.45, 7) is 0.531. The standard InChI is InChI=1S/C24H20FN3O2/c1-27(15-17-7-3-2-4-8-17)22-21(18-10-12-19(25)13-11-18)23(29)28(24(22)30)16-20-9-5-6-14-26-20/h2-14H,15-16H2,1H3. The molecule has 0 aliphatic carbocycles. The Morgan fingerprint density at radius 3 is 2.27 bits per heavy atom. The number of imide groups is 1. The van der Waals surface area contributed by atoms with Crippen LogP contribution in [-0.2, 0) is 22.7 Å². The van der Waals surface area contributed by atoms with E-state index in [4.69, 9.17) is 0 Å². The number of hydrogen-bond donors (Lipinski definition) is 0. The van der Waals surface area contributed by atoms with E-state index in [1.807, 2.05) is 36.4 Å². The maximum absolute atomic E-state index is 13.5. The highest BCUT2D eigenvalue weighted by Gasteiger charge is 2.40. The van der Waals surface area contributed by atoms with E-state index in [9.17, 15) is 14.0 Å². The minimum absolute atomic E-state index is 0.0753. The summed E-state index contributed by atoms with van der Waals surface area (Å²) in [6, 6.07) is 20.7. The number of carbonyl (C=O) groups excluding carboxylic acids is 2. The average Bonchev–Trinajstić information content (AvgIpc) is 3.00. The van der Waals surface area contributed by atoms with Gasteiger partial charge in [0.25, 0.3) is 11.8 Å². The van der Waals surface area contributed by atoms with Crippen LogP contribution in [0, 0.1) is 5.82 Å². The molecule has 0 saturated heterocycles. The molecule has 2 aromatic carbocycles. The summed E-state index contributed by atoms with van der Waals surface area (Å²) in [5.74, 6) is -1.20. The summed E-state index contributed by atoms with van der Waals surface area (Å²) < 4.78 is 13.5. The summed E-state index contributed by atoms with van der Waals surface area (Å²) >= 11 is 0. The van der Waals surface area contributed by atoms with E-state index in [1.165, 1.54) is 29.2 Å². The number of hydrogen-bond acceptors (Lipinski definition) is 4. The van der Waals surface area contributed by atoms with Gasteiger partial charge in [0.1, 0.15) is 11.5 Å². The van der Waals surface area contributed by atoms with E-state index in [0.29, 0.717) is 23.5 Å². The molecule has 3 aromatic rings. The Hall–Kier alpha value is -3.80. The first-order chi connectivity index (χ1) is 14.5. The second-order valence-electron chi connectivity index (χ2n) is 7.09. The fraction of sp³-hybridized carbons (Fsp3) is 0.125. The van der Waals surface area contributed by atoms with Gasteiger partial charge in [-0.3, -0.25) is 19.5 Å². The molecule has 4 rings (SSSR count). The van der Waals surface area contributed by atoms with Gasteiger partial charge >= 0.3 is 0 Å². The normalized spacial score (nSPS) is 13.9. The van der Waals surface area contributed by atoms with Gasteiger partial charge in [-0.05, 0) is 35.4 Å². The molecule has 0 saturated carbocycles. The van der Waals surface area contributed by atoms with Crippen LogP contribution in [0.1, 0.15) is 16.8 Å². The molecule has 0 fully saturated rings. The number of amides is 2. The molecule has 0 atom stereocenters. The highest BCUT2D eigenvalue weighted by Crippen LogP contribution is 2.32. The summed E-state index contributed by atoms with van der Waals surface area (Å²) in [7, 11) is 1.78. The van der Waals surface area contributed by atoms with E-state index >= 15 is 0 Å². The van der Waals surface area contributed by atoms with Gasteiger partial charge in [-0.15, -0.1) is 0 Å². The second kappa shape index (κ2) is 8.29. The van der Waals surface area contributed by atoms with E-state index < -0.39 is 11.7 Å². The lowest BCUT2D eigenvalue weighted by atomic mass is 10.0. The molecule has 0 bridgehead atoms. The molecule has 30 heavy (non-hydrogen) atoms. The Morgan fingerprint density at radius 1 is 0.900 bits per heavy atom. The van der Waals surface area contributed by atoms with E-state index in [-0.39, 0.29) is 18.0 Å². The van der Waals surface area contributed by atoms with Gasteiger partial charge < -0.3 is 4.90 Å². The number of carbonyl (C=O) groups is 2. The summed E-state index contributed by atoms with van der Waals surface area (Å²) in [6.07, 6.45) is 1.62. The van der Waals surface area contributed by atoms with Crippen molar-refractivity contribution in [2.75, 3.05) is 7.05 Å². The number of benzene rings is 2. The maximum atomic E-state index is 13.5. The van der Waals surface area contributed by atoms with Crippen LogP contribution in [0.3, 0.4) is 0 Å². The molecule has 2 amide bonds. The molecule has 1 aliphatic heterocycles. The monoisotopic (exact) mass is 401 g/mol. The van der Waals surface area contributed by atoms with Gasteiger partial charge in [0, 0.05) is 19.8 Å². The molecule has 2 heterocycles. The maximum Gasteiger partial charge on any atom is 0.278 e. The third kappa shape index (κ3) is 3.85. The predicted molar refractivity (Wildman–Crippen MR) is 111 cm³/mol. The fourth-order valence-electron chi connectivity index (χ4n) is 3.53. The molecule has 1 aromatic heterocycles. The van der Waals surface area contributed by atoms with Crippen LogP contribution in [-0.4, -0.2) is 33.6 Å². The van der Waals surface area contributed by atoms with Crippen molar-refractivity contribution in [3.05, 3.63) is 107 Å². The lowest BCUT2D eigenvalue weighted by Gasteiger charge is -2.21. The number of aromatic nitrogens is 1. The van der Waals surface area contributed by atoms with Crippen LogP contribution in [0.5, 0.6) is 0 Å². The van der Waals surface area contributed by atoms with Gasteiger partial charge in [0.05, 0.1) is 17.8 Å². The van der Waals surface area contributed by atoms with Crippen molar-refractivity contribution in [3.8, 4) is 0 Å². The van der Waals surface area contributed by atoms with Crippen molar-refractivity contribution < 1.29 is 14.0 Å². The minimum atomic E-state index is -0.410. The molecule has 150 valence electrons. The van der Waals surface area contributed by atoms with Crippen molar-refractivity contribution in [2.24, 2.45) is 0 Å². The quantitative estimate of drug-likeness (QED) is 0.592. The molecule has 6 heteroatoms. The van der Waals surface area contributed by atoms with Gasteiger partial charge in [-0.25, -0.2) is 4.39 Å². The van der Waals surface area contributed by atoms with Crippen LogP contribution in [0.2, 0.25) is 0 Å². The number of nitrogens with zero attached hydrogens (tertiary/aromatic N) is 3. The largest absolute Gasteiger partial charge is 0.365 e. The van der Waals surface area contributed by atoms with Crippen molar-refractivity contribution in [3.63, 3.8) is 0 Å². The number of pyridine rings is 1. The Balaban J connectivity index is 1.72. The third-order valence-electron chi connectivity index (χ3n) is 4.97. The molecule has 0 N–H and O–H groups in total. The molecule has 5 nitrogen and oxygen atoms in total. The zero-order chi connectivity index (χ0) is 21.1. The molecule has 0 radical (unpaired) electrons. The van der Waals surface area contributed by atoms with Crippen LogP contribution in [0.25, 0.3) is 5.57 Å². The lowest BCUT2D eigenvalue weighted by Crippen LogP contribution is -2.33. The fourth-order valence-corrected chi connectivity index (χ4v) is 3.53. The van der Waals surface area contributed by atoms with E-state index in [1.54, 1.807) is 30.3 Å². The van der Waals surface area contributed by atoms with Crippen LogP contribution in [0.15, 0.2) is 84.7 Å². The van der Waals surface area contributed by atoms with Crippen molar-refractivity contribution in [1.82, 2.24) is 14.8 Å². The SMILES string of the molecule is CN(Cc1ccccc1)C1=C(c2ccc(F)cc2)C(=O)N(Cc2ccccn2)C1=O. The Bertz CT molecular complexity index is 1100. The molecular weight excluding hydrogens is 381 g/mol. The van der Waals surface area contributed by atoms with Gasteiger partial charge in [0.15, 0.2) is 0 Å².